The third-order valence-corrected chi connectivity index (χ3v) is 14.7. The molecule has 410 valence electrons. The number of anilines is 1. The van der Waals surface area contributed by atoms with Crippen molar-refractivity contribution in [3.8, 4) is 5.75 Å². The molecule has 0 radical (unpaired) electrons. The summed E-state index contributed by atoms with van der Waals surface area (Å²) in [6.07, 6.45) is 3.43. The summed E-state index contributed by atoms with van der Waals surface area (Å²) in [4.78, 5) is 107. The molecule has 7 amide bonds. The van der Waals surface area contributed by atoms with Gasteiger partial charge in [0.1, 0.15) is 54.6 Å². The SMILES string of the molecule is C/C=C/C[C@@H]1NC(=O)[C@H](CC(C)C)N2C(=O)[C@H](C[C@H](C)[C@H]2O)N(C)C(=O)[C@H](C)NC(=O)[C@H](Cc2ccc([O-])c(N(O)O)c2)NC(=O)[C@H](CC(C)C)N(C)C(=O)[C@H](Cc2cn(C(C)(C)[C@@H]3CO3)c3ccccc23)NC1=O. The Kier molecular flexibility index (Phi) is 18.5. The molecule has 3 fully saturated rings. The number of carbonyl (C=O) groups excluding carboxylic acids is 7. The van der Waals surface area contributed by atoms with E-state index in [0.29, 0.717) is 12.2 Å². The Hall–Kier alpha value is -6.55. The average Bonchev–Trinajstić information content (AvgIpc) is 4.16. The summed E-state index contributed by atoms with van der Waals surface area (Å²) in [5, 5.41) is 55.6. The fourth-order valence-electron chi connectivity index (χ4n) is 10.3. The molecule has 3 saturated heterocycles. The number of fused-ring (bicyclic) bond motifs is 3. The molecule has 1 aromatic heterocycles. The van der Waals surface area contributed by atoms with Crippen molar-refractivity contribution in [1.82, 2.24) is 40.5 Å². The highest BCUT2D eigenvalue weighted by atomic mass is 16.8. The zero-order valence-corrected chi connectivity index (χ0v) is 44.9. The Labute approximate surface area is 438 Å². The van der Waals surface area contributed by atoms with Crippen LogP contribution in [0.25, 0.3) is 10.9 Å². The Morgan fingerprint density at radius 3 is 2.01 bits per heavy atom. The van der Waals surface area contributed by atoms with Crippen molar-refractivity contribution in [2.75, 3.05) is 25.9 Å². The Morgan fingerprint density at radius 2 is 1.39 bits per heavy atom. The summed E-state index contributed by atoms with van der Waals surface area (Å²) in [6.45, 7) is 16.8. The van der Waals surface area contributed by atoms with E-state index in [2.05, 4.69) is 25.8 Å². The number of carbonyl (C=O) groups is 7. The molecule has 21 nitrogen and oxygen atoms in total. The van der Waals surface area contributed by atoms with Crippen LogP contribution in [-0.2, 0) is 56.7 Å². The third-order valence-electron chi connectivity index (χ3n) is 14.7. The van der Waals surface area contributed by atoms with Gasteiger partial charge in [0.2, 0.25) is 41.4 Å². The van der Waals surface area contributed by atoms with Gasteiger partial charge in [-0.1, -0.05) is 82.9 Å². The predicted octanol–water partition coefficient (Wildman–Crippen LogP) is 2.46. The number of ether oxygens (including phenoxy) is 1. The molecule has 0 saturated carbocycles. The molecule has 2 bridgehead atoms. The van der Waals surface area contributed by atoms with Crippen LogP contribution in [0.2, 0.25) is 0 Å². The minimum atomic E-state index is -1.51. The monoisotopic (exact) mass is 1040 g/mol. The number of benzene rings is 2. The van der Waals surface area contributed by atoms with E-state index >= 15 is 4.79 Å². The van der Waals surface area contributed by atoms with Crippen molar-refractivity contribution in [2.24, 2.45) is 17.8 Å². The van der Waals surface area contributed by atoms with Crippen LogP contribution in [0.5, 0.6) is 5.75 Å². The topological polar surface area (TPSA) is 282 Å². The maximum atomic E-state index is 15.4. The van der Waals surface area contributed by atoms with E-state index in [1.807, 2.05) is 72.0 Å². The van der Waals surface area contributed by atoms with Gasteiger partial charge in [0.15, 0.2) is 0 Å². The molecule has 75 heavy (non-hydrogen) atoms. The molecule has 3 aliphatic heterocycles. The van der Waals surface area contributed by atoms with Crippen molar-refractivity contribution in [1.29, 1.82) is 0 Å². The first-order valence-electron chi connectivity index (χ1n) is 25.8. The maximum absolute atomic E-state index is 15.4. The molecule has 10 atom stereocenters. The van der Waals surface area contributed by atoms with Crippen LogP contribution in [0, 0.1) is 17.8 Å². The Morgan fingerprint density at radius 1 is 0.787 bits per heavy atom. The van der Waals surface area contributed by atoms with E-state index in [4.69, 9.17) is 4.74 Å². The largest absolute Gasteiger partial charge is 0.871 e. The molecule has 6 rings (SSSR count). The zero-order chi connectivity index (χ0) is 55.4. The summed E-state index contributed by atoms with van der Waals surface area (Å²) < 4.78 is 7.84. The summed E-state index contributed by atoms with van der Waals surface area (Å²) >= 11 is 0. The van der Waals surface area contributed by atoms with E-state index in [9.17, 15) is 49.4 Å². The van der Waals surface area contributed by atoms with Gasteiger partial charge >= 0.3 is 0 Å². The van der Waals surface area contributed by atoms with E-state index in [-0.39, 0.29) is 67.3 Å². The van der Waals surface area contributed by atoms with Gasteiger partial charge in [-0.2, -0.15) is 0 Å². The van der Waals surface area contributed by atoms with Crippen molar-refractivity contribution in [3.63, 3.8) is 0 Å². The lowest BCUT2D eigenvalue weighted by Gasteiger charge is -2.46. The van der Waals surface area contributed by atoms with Gasteiger partial charge in [0, 0.05) is 50.0 Å². The van der Waals surface area contributed by atoms with Crippen LogP contribution in [0.15, 0.2) is 60.8 Å². The van der Waals surface area contributed by atoms with Crippen molar-refractivity contribution in [3.05, 3.63) is 71.9 Å². The smallest absolute Gasteiger partial charge is 0.248 e. The van der Waals surface area contributed by atoms with Crippen molar-refractivity contribution in [2.45, 2.75) is 161 Å². The molecule has 2 aromatic carbocycles. The number of para-hydroxylation sites is 1. The first-order chi connectivity index (χ1) is 35.3. The predicted molar refractivity (Wildman–Crippen MR) is 276 cm³/mol. The van der Waals surface area contributed by atoms with Crippen LogP contribution < -0.4 is 31.6 Å². The highest BCUT2D eigenvalue weighted by molar-refractivity contribution is 5.99. The average molecular weight is 1040 g/mol. The van der Waals surface area contributed by atoms with Gasteiger partial charge in [0.25, 0.3) is 0 Å². The molecule has 3 aliphatic rings. The lowest BCUT2D eigenvalue weighted by Crippen LogP contribution is -2.66. The first-order valence-corrected chi connectivity index (χ1v) is 25.8. The minimum absolute atomic E-state index is 0.00406. The number of likely N-dealkylation sites (N-methyl/N-ethyl adjacent to an activating group) is 2. The van der Waals surface area contributed by atoms with E-state index in [1.165, 1.54) is 32.0 Å². The number of allylic oxidation sites excluding steroid dienone is 1. The van der Waals surface area contributed by atoms with Gasteiger partial charge < -0.3 is 55.5 Å². The second kappa shape index (κ2) is 24.0. The third kappa shape index (κ3) is 13.1. The maximum Gasteiger partial charge on any atom is 0.248 e. The van der Waals surface area contributed by atoms with Gasteiger partial charge in [-0.05, 0) is 88.5 Å². The quantitative estimate of drug-likeness (QED) is 0.0737. The van der Waals surface area contributed by atoms with Gasteiger partial charge in [-0.3, -0.25) is 44.0 Å². The number of nitrogens with zero attached hydrogens (tertiary/aromatic N) is 5. The Bertz CT molecular complexity index is 2630. The standard InChI is InChI=1S/C54H77N9O12/c1-12-13-17-36-46(65)58-38(26-34-27-61(54(8,9)45-28-75-45)39-18-15-14-16-35(34)39)52(71)59(10)41(21-29(2)3)48(67)57-37(24-33-19-20-44(64)40(25-33)63(73)74)47(66)55-32(7)51(70)60(11)43-23-31(6)50(69)62(53(43)72)42(22-30(4)5)49(68)56-36/h12-16,18-20,25,27,29-32,36-38,41-43,45,50,64,69,73-74H,17,21-24,26,28H2,1-11H3,(H,55,66)(H,56,68)(H,57,67)(H,58,65)/p-1/b13-12+/t31-,32-,36-,37-,38-,41-,42-,43-,45-,50+/m0/s1. The van der Waals surface area contributed by atoms with E-state index in [1.54, 1.807) is 26.0 Å². The molecule has 0 unspecified atom stereocenters. The summed E-state index contributed by atoms with van der Waals surface area (Å²) in [7, 11) is 2.80. The number of piperidine rings is 1. The van der Waals surface area contributed by atoms with Gasteiger partial charge in [0.05, 0.1) is 17.8 Å². The number of hydrogen-bond donors (Lipinski definition) is 7. The fraction of sp³-hybridized carbons (Fsp3) is 0.574. The molecule has 3 aromatic rings. The van der Waals surface area contributed by atoms with E-state index < -0.39 is 113 Å². The molecule has 4 heterocycles. The van der Waals surface area contributed by atoms with Gasteiger partial charge in [-0.15, -0.1) is 5.23 Å². The number of amides is 7. The number of rotatable bonds is 13. The summed E-state index contributed by atoms with van der Waals surface area (Å²) in [6, 6.07) is 1.85. The highest BCUT2D eigenvalue weighted by Crippen LogP contribution is 2.37. The number of nitrogens with one attached hydrogen (secondary N) is 4. The molecule has 0 spiro atoms. The zero-order valence-electron chi connectivity index (χ0n) is 44.9. The van der Waals surface area contributed by atoms with Crippen LogP contribution in [0.1, 0.15) is 99.1 Å². The lowest BCUT2D eigenvalue weighted by molar-refractivity contribution is -0.268. The number of aliphatic hydroxyl groups is 1. The van der Waals surface area contributed by atoms with Crippen LogP contribution in [0.3, 0.4) is 0 Å². The summed E-state index contributed by atoms with van der Waals surface area (Å²) in [5.74, 6) is -7.12. The highest BCUT2D eigenvalue weighted by Gasteiger charge is 2.48. The van der Waals surface area contributed by atoms with Gasteiger partial charge in [-0.25, -0.2) is 0 Å². The van der Waals surface area contributed by atoms with Crippen LogP contribution in [0.4, 0.5) is 5.69 Å². The molecular weight excluding hydrogens is 967 g/mol. The second-order valence-electron chi connectivity index (χ2n) is 21.8. The van der Waals surface area contributed by atoms with Crippen LogP contribution >= 0.6 is 0 Å². The van der Waals surface area contributed by atoms with Crippen molar-refractivity contribution >= 4 is 57.9 Å². The molecular formula is C54H76N9O12-. The van der Waals surface area contributed by atoms with Crippen LogP contribution in [-0.4, -0.2) is 151 Å². The normalized spacial score (nSPS) is 27.1. The van der Waals surface area contributed by atoms with Crippen molar-refractivity contribution < 1.29 is 58.9 Å². The van der Waals surface area contributed by atoms with E-state index in [0.717, 1.165) is 32.8 Å². The molecule has 7 N–H and O–H groups in total. The fourth-order valence-corrected chi connectivity index (χ4v) is 10.3. The number of epoxide rings is 1. The second-order valence-corrected chi connectivity index (χ2v) is 21.8. The molecule has 0 aliphatic carbocycles. The Balaban J connectivity index is 1.51. The summed E-state index contributed by atoms with van der Waals surface area (Å²) in [5.41, 5.74) is 0.697. The minimum Gasteiger partial charge on any atom is -0.871 e. The first kappa shape index (κ1) is 57.7. The lowest BCUT2D eigenvalue weighted by atomic mass is 9.89. The molecule has 21 heteroatoms. The number of hydrogen-bond acceptors (Lipinski definition) is 13. The number of aromatic nitrogens is 1. The number of aliphatic hydroxyl groups excluding tert-OH is 1.